The first-order chi connectivity index (χ1) is 10.4. The SMILES string of the molecule is Cc1ccc(S(=O)(=O)NCC2CC(=O)N(C3CC3)C2)cc1Cl. The Labute approximate surface area is 135 Å². The van der Waals surface area contributed by atoms with Crippen LogP contribution in [0.3, 0.4) is 0 Å². The summed E-state index contributed by atoms with van der Waals surface area (Å²) in [5, 5.41) is 0.429. The highest BCUT2D eigenvalue weighted by atomic mass is 35.5. The second-order valence-corrected chi connectivity index (χ2v) is 8.28. The maximum Gasteiger partial charge on any atom is 0.240 e. The van der Waals surface area contributed by atoms with E-state index in [1.807, 2.05) is 11.8 Å². The Kier molecular flexibility index (Phi) is 4.18. The van der Waals surface area contributed by atoms with Crippen molar-refractivity contribution < 1.29 is 13.2 Å². The largest absolute Gasteiger partial charge is 0.339 e. The topological polar surface area (TPSA) is 66.5 Å². The number of carbonyl (C=O) groups is 1. The van der Waals surface area contributed by atoms with Crippen molar-refractivity contribution in [2.24, 2.45) is 5.92 Å². The molecule has 7 heteroatoms. The lowest BCUT2D eigenvalue weighted by Gasteiger charge is -2.16. The number of halogens is 1. The number of nitrogens with one attached hydrogen (secondary N) is 1. The number of rotatable bonds is 5. The average Bonchev–Trinajstić information content (AvgIpc) is 3.23. The van der Waals surface area contributed by atoms with E-state index >= 15 is 0 Å². The Morgan fingerprint density at radius 2 is 2.09 bits per heavy atom. The van der Waals surface area contributed by atoms with Crippen LogP contribution in [0.4, 0.5) is 0 Å². The Balaban J connectivity index is 1.62. The average molecular weight is 343 g/mol. The van der Waals surface area contributed by atoms with Gasteiger partial charge in [-0.15, -0.1) is 0 Å². The van der Waals surface area contributed by atoms with Crippen molar-refractivity contribution in [3.05, 3.63) is 28.8 Å². The molecule has 1 amide bonds. The van der Waals surface area contributed by atoms with Crippen LogP contribution in [0.25, 0.3) is 0 Å². The second kappa shape index (κ2) is 5.83. The zero-order valence-electron chi connectivity index (χ0n) is 12.4. The Morgan fingerprint density at radius 1 is 1.36 bits per heavy atom. The summed E-state index contributed by atoms with van der Waals surface area (Å²) >= 11 is 5.98. The number of amides is 1. The molecule has 0 aromatic heterocycles. The van der Waals surface area contributed by atoms with Crippen LogP contribution in [0.2, 0.25) is 5.02 Å². The number of hydrogen-bond donors (Lipinski definition) is 1. The smallest absolute Gasteiger partial charge is 0.240 e. The van der Waals surface area contributed by atoms with Crippen molar-refractivity contribution in [1.29, 1.82) is 0 Å². The van der Waals surface area contributed by atoms with E-state index in [1.54, 1.807) is 12.1 Å². The number of carbonyl (C=O) groups excluding carboxylic acids is 1. The summed E-state index contributed by atoms with van der Waals surface area (Å²) < 4.78 is 27.2. The molecule has 1 atom stereocenters. The summed E-state index contributed by atoms with van der Waals surface area (Å²) in [6.45, 7) is 2.76. The first-order valence-electron chi connectivity index (χ1n) is 7.42. The lowest BCUT2D eigenvalue weighted by molar-refractivity contribution is -0.128. The fraction of sp³-hybridized carbons (Fsp3) is 0.533. The minimum absolute atomic E-state index is 0.0452. The van der Waals surface area contributed by atoms with Crippen molar-refractivity contribution in [3.8, 4) is 0 Å². The maximum atomic E-state index is 12.3. The van der Waals surface area contributed by atoms with E-state index in [0.717, 1.165) is 18.4 Å². The summed E-state index contributed by atoms with van der Waals surface area (Å²) in [6.07, 6.45) is 2.58. The normalized spacial score (nSPS) is 22.4. The standard InChI is InChI=1S/C15H19ClN2O3S/c1-10-2-5-13(7-14(10)16)22(20,21)17-8-11-6-15(19)18(9-11)12-3-4-12/h2,5,7,11-12,17H,3-4,6,8-9H2,1H3. The molecule has 0 bridgehead atoms. The van der Waals surface area contributed by atoms with Gasteiger partial charge < -0.3 is 4.90 Å². The molecule has 2 aliphatic rings. The monoisotopic (exact) mass is 342 g/mol. The summed E-state index contributed by atoms with van der Waals surface area (Å²) in [6, 6.07) is 5.07. The molecule has 1 N–H and O–H groups in total. The molecule has 3 rings (SSSR count). The van der Waals surface area contributed by atoms with Crippen LogP contribution in [0.5, 0.6) is 0 Å². The zero-order valence-corrected chi connectivity index (χ0v) is 14.0. The molecular weight excluding hydrogens is 324 g/mol. The van der Waals surface area contributed by atoms with E-state index in [-0.39, 0.29) is 23.3 Å². The third-order valence-electron chi connectivity index (χ3n) is 4.24. The van der Waals surface area contributed by atoms with Crippen molar-refractivity contribution >= 4 is 27.5 Å². The highest BCUT2D eigenvalue weighted by Gasteiger charge is 2.39. The van der Waals surface area contributed by atoms with Crippen molar-refractivity contribution in [2.45, 2.75) is 37.1 Å². The molecule has 120 valence electrons. The first kappa shape index (κ1) is 15.8. The molecular formula is C15H19ClN2O3S. The van der Waals surface area contributed by atoms with Gasteiger partial charge in [-0.3, -0.25) is 4.79 Å². The van der Waals surface area contributed by atoms with Crippen LogP contribution in [-0.4, -0.2) is 38.4 Å². The second-order valence-electron chi connectivity index (χ2n) is 6.11. The number of sulfonamides is 1. The third kappa shape index (κ3) is 3.29. The molecule has 2 fully saturated rings. The van der Waals surface area contributed by atoms with Crippen LogP contribution >= 0.6 is 11.6 Å². The molecule has 0 spiro atoms. The third-order valence-corrected chi connectivity index (χ3v) is 6.07. The van der Waals surface area contributed by atoms with Gasteiger partial charge in [-0.05, 0) is 43.4 Å². The Hall–Kier alpha value is -1.11. The zero-order chi connectivity index (χ0) is 15.9. The van der Waals surface area contributed by atoms with Gasteiger partial charge >= 0.3 is 0 Å². The van der Waals surface area contributed by atoms with Gasteiger partial charge in [-0.2, -0.15) is 0 Å². The highest BCUT2D eigenvalue weighted by Crippen LogP contribution is 2.32. The molecule has 5 nitrogen and oxygen atoms in total. The van der Waals surface area contributed by atoms with Crippen LogP contribution in [-0.2, 0) is 14.8 Å². The first-order valence-corrected chi connectivity index (χ1v) is 9.28. The highest BCUT2D eigenvalue weighted by molar-refractivity contribution is 7.89. The van der Waals surface area contributed by atoms with Gasteiger partial charge in [0.05, 0.1) is 4.90 Å². The van der Waals surface area contributed by atoms with Crippen molar-refractivity contribution in [2.75, 3.05) is 13.1 Å². The Bertz CT molecular complexity index is 701. The van der Waals surface area contributed by atoms with Gasteiger partial charge in [0.15, 0.2) is 0 Å². The van der Waals surface area contributed by atoms with Gasteiger partial charge in [0.2, 0.25) is 15.9 Å². The fourth-order valence-electron chi connectivity index (χ4n) is 2.74. The molecule has 1 saturated heterocycles. The van der Waals surface area contributed by atoms with E-state index in [4.69, 9.17) is 11.6 Å². The van der Waals surface area contributed by atoms with E-state index in [1.165, 1.54) is 6.07 Å². The number of hydrogen-bond acceptors (Lipinski definition) is 3. The molecule has 1 heterocycles. The van der Waals surface area contributed by atoms with Crippen LogP contribution in [0, 0.1) is 12.8 Å². The summed E-state index contributed by atoms with van der Waals surface area (Å²) in [5.74, 6) is 0.189. The molecule has 1 aromatic carbocycles. The predicted molar refractivity (Wildman–Crippen MR) is 84.2 cm³/mol. The predicted octanol–water partition coefficient (Wildman–Crippen LogP) is 1.94. The van der Waals surface area contributed by atoms with E-state index in [9.17, 15) is 13.2 Å². The minimum atomic E-state index is -3.59. The van der Waals surface area contributed by atoms with Gasteiger partial charge in [0.25, 0.3) is 0 Å². The minimum Gasteiger partial charge on any atom is -0.339 e. The lowest BCUT2D eigenvalue weighted by Crippen LogP contribution is -2.32. The number of aryl methyl sites for hydroxylation is 1. The Morgan fingerprint density at radius 3 is 2.73 bits per heavy atom. The molecule has 1 unspecified atom stereocenters. The molecule has 22 heavy (non-hydrogen) atoms. The van der Waals surface area contributed by atoms with Gasteiger partial charge in [-0.1, -0.05) is 17.7 Å². The summed E-state index contributed by atoms with van der Waals surface area (Å²) in [5.41, 5.74) is 0.835. The number of nitrogens with zero attached hydrogens (tertiary/aromatic N) is 1. The van der Waals surface area contributed by atoms with Crippen LogP contribution < -0.4 is 4.72 Å². The molecule has 0 radical (unpaired) electrons. The molecule has 1 saturated carbocycles. The van der Waals surface area contributed by atoms with E-state index in [2.05, 4.69) is 4.72 Å². The molecule has 1 aliphatic carbocycles. The van der Waals surface area contributed by atoms with Gasteiger partial charge in [0, 0.05) is 30.6 Å². The van der Waals surface area contributed by atoms with Crippen LogP contribution in [0.1, 0.15) is 24.8 Å². The molecule has 1 aliphatic heterocycles. The number of likely N-dealkylation sites (tertiary alicyclic amines) is 1. The van der Waals surface area contributed by atoms with E-state index in [0.29, 0.717) is 24.0 Å². The van der Waals surface area contributed by atoms with Crippen molar-refractivity contribution in [1.82, 2.24) is 9.62 Å². The fourth-order valence-corrected chi connectivity index (χ4v) is 4.12. The maximum absolute atomic E-state index is 12.3. The van der Waals surface area contributed by atoms with Crippen LogP contribution in [0.15, 0.2) is 23.1 Å². The summed E-state index contributed by atoms with van der Waals surface area (Å²) in [4.78, 5) is 13.9. The quantitative estimate of drug-likeness (QED) is 0.889. The number of benzene rings is 1. The lowest BCUT2D eigenvalue weighted by atomic mass is 10.1. The van der Waals surface area contributed by atoms with Crippen molar-refractivity contribution in [3.63, 3.8) is 0 Å². The van der Waals surface area contributed by atoms with Gasteiger partial charge in [-0.25, -0.2) is 13.1 Å². The molecule has 1 aromatic rings. The van der Waals surface area contributed by atoms with Gasteiger partial charge in [0.1, 0.15) is 0 Å². The van der Waals surface area contributed by atoms with E-state index < -0.39 is 10.0 Å². The summed E-state index contributed by atoms with van der Waals surface area (Å²) in [7, 11) is -3.59.